The summed E-state index contributed by atoms with van der Waals surface area (Å²) in [6.45, 7) is 10.2. The summed E-state index contributed by atoms with van der Waals surface area (Å²) in [5, 5.41) is 0. The van der Waals surface area contributed by atoms with E-state index in [4.69, 9.17) is 10.5 Å². The first kappa shape index (κ1) is 15.3. The smallest absolute Gasteiger partial charge is 0.340 e. The van der Waals surface area contributed by atoms with Gasteiger partial charge in [0.1, 0.15) is 0 Å². The van der Waals surface area contributed by atoms with Crippen LogP contribution >= 0.6 is 0 Å². The number of nitrogens with two attached hydrogens (primary N) is 1. The number of hydrogen-bond donors (Lipinski definition) is 1. The molecule has 0 amide bonds. The number of carbonyl (C=O) groups excluding carboxylic acids is 1. The Bertz CT molecular complexity index is 430. The van der Waals surface area contributed by atoms with Crippen molar-refractivity contribution in [3.8, 4) is 0 Å². The van der Waals surface area contributed by atoms with Crippen molar-refractivity contribution < 1.29 is 9.53 Å². The first-order valence-electron chi connectivity index (χ1n) is 6.81. The van der Waals surface area contributed by atoms with E-state index in [9.17, 15) is 4.79 Å². The van der Waals surface area contributed by atoms with Crippen molar-refractivity contribution in [1.29, 1.82) is 0 Å². The summed E-state index contributed by atoms with van der Waals surface area (Å²) in [4.78, 5) is 14.2. The molecule has 106 valence electrons. The monoisotopic (exact) mass is 264 g/mol. The van der Waals surface area contributed by atoms with Crippen LogP contribution in [0.5, 0.6) is 0 Å². The zero-order valence-corrected chi connectivity index (χ0v) is 12.3. The van der Waals surface area contributed by atoms with Crippen molar-refractivity contribution in [1.82, 2.24) is 0 Å². The lowest BCUT2D eigenvalue weighted by atomic mass is 10.1. The third-order valence-electron chi connectivity index (χ3n) is 2.85. The minimum atomic E-state index is -0.313. The topological polar surface area (TPSA) is 55.6 Å². The van der Waals surface area contributed by atoms with E-state index in [-0.39, 0.29) is 5.97 Å². The van der Waals surface area contributed by atoms with Crippen LogP contribution < -0.4 is 10.6 Å². The Morgan fingerprint density at radius 3 is 2.58 bits per heavy atom. The van der Waals surface area contributed by atoms with Gasteiger partial charge in [0.2, 0.25) is 0 Å². The van der Waals surface area contributed by atoms with Gasteiger partial charge in [-0.2, -0.15) is 0 Å². The number of rotatable bonds is 6. The fraction of sp³-hybridized carbons (Fsp3) is 0.533. The molecule has 0 atom stereocenters. The molecule has 0 unspecified atom stereocenters. The van der Waals surface area contributed by atoms with Gasteiger partial charge in [0, 0.05) is 13.1 Å². The second-order valence-electron chi connectivity index (χ2n) is 4.90. The maximum absolute atomic E-state index is 12.0. The Hall–Kier alpha value is -1.71. The fourth-order valence-electron chi connectivity index (χ4n) is 2.11. The highest BCUT2D eigenvalue weighted by Gasteiger charge is 2.19. The largest absolute Gasteiger partial charge is 0.462 e. The van der Waals surface area contributed by atoms with E-state index in [2.05, 4.69) is 25.7 Å². The maximum Gasteiger partial charge on any atom is 0.340 e. The van der Waals surface area contributed by atoms with Crippen LogP contribution in [0.2, 0.25) is 0 Å². The summed E-state index contributed by atoms with van der Waals surface area (Å²) >= 11 is 0. The van der Waals surface area contributed by atoms with Crippen LogP contribution in [0.4, 0.5) is 11.4 Å². The second-order valence-corrected chi connectivity index (χ2v) is 4.90. The number of nitrogen functional groups attached to an aromatic ring is 1. The Morgan fingerprint density at radius 1 is 1.37 bits per heavy atom. The fourth-order valence-corrected chi connectivity index (χ4v) is 2.11. The highest BCUT2D eigenvalue weighted by atomic mass is 16.5. The predicted molar refractivity (Wildman–Crippen MR) is 79.5 cm³/mol. The molecule has 1 rings (SSSR count). The van der Waals surface area contributed by atoms with Crippen molar-refractivity contribution in [2.75, 3.05) is 30.3 Å². The van der Waals surface area contributed by atoms with Gasteiger partial charge in [-0.05, 0) is 31.9 Å². The molecule has 0 saturated heterocycles. The summed E-state index contributed by atoms with van der Waals surface area (Å²) in [7, 11) is 0. The molecule has 4 nitrogen and oxygen atoms in total. The summed E-state index contributed by atoms with van der Waals surface area (Å²) in [5.74, 6) is 0.182. The van der Waals surface area contributed by atoms with Crippen LogP contribution in [0.3, 0.4) is 0 Å². The number of para-hydroxylation sites is 1. The highest BCUT2D eigenvalue weighted by Crippen LogP contribution is 2.29. The molecule has 0 aliphatic heterocycles. The predicted octanol–water partition coefficient (Wildman–Crippen LogP) is 2.93. The van der Waals surface area contributed by atoms with Gasteiger partial charge in [-0.25, -0.2) is 4.79 Å². The maximum atomic E-state index is 12.0. The van der Waals surface area contributed by atoms with E-state index in [1.807, 2.05) is 6.07 Å². The van der Waals surface area contributed by atoms with Crippen LogP contribution in [0.25, 0.3) is 0 Å². The Morgan fingerprint density at radius 2 is 2.05 bits per heavy atom. The average Bonchev–Trinajstić information content (AvgIpc) is 2.36. The minimum absolute atomic E-state index is 0.313. The van der Waals surface area contributed by atoms with E-state index in [1.165, 1.54) is 0 Å². The number of anilines is 2. The molecule has 0 spiro atoms. The summed E-state index contributed by atoms with van der Waals surface area (Å²) in [5.41, 5.74) is 8.01. The lowest BCUT2D eigenvalue weighted by Gasteiger charge is -2.28. The standard InChI is InChI=1S/C15H24N2O2/c1-5-17(10-11(3)4)14-12(15(18)19-6-2)8-7-9-13(14)16/h7-9,11H,5-6,10,16H2,1-4H3. The SMILES string of the molecule is CCOC(=O)c1cccc(N)c1N(CC)CC(C)C. The zero-order chi connectivity index (χ0) is 14.4. The van der Waals surface area contributed by atoms with Crippen LogP contribution in [-0.4, -0.2) is 25.7 Å². The van der Waals surface area contributed by atoms with Crippen molar-refractivity contribution in [3.63, 3.8) is 0 Å². The van der Waals surface area contributed by atoms with Crippen molar-refractivity contribution in [3.05, 3.63) is 23.8 Å². The van der Waals surface area contributed by atoms with Crippen molar-refractivity contribution in [2.24, 2.45) is 5.92 Å². The Balaban J connectivity index is 3.19. The minimum Gasteiger partial charge on any atom is -0.462 e. The summed E-state index contributed by atoms with van der Waals surface area (Å²) in [6, 6.07) is 5.38. The quantitative estimate of drug-likeness (QED) is 0.634. The molecule has 1 aromatic carbocycles. The molecule has 19 heavy (non-hydrogen) atoms. The third-order valence-corrected chi connectivity index (χ3v) is 2.85. The van der Waals surface area contributed by atoms with Crippen molar-refractivity contribution >= 4 is 17.3 Å². The van der Waals surface area contributed by atoms with Gasteiger partial charge in [-0.15, -0.1) is 0 Å². The van der Waals surface area contributed by atoms with E-state index >= 15 is 0 Å². The molecule has 0 heterocycles. The molecule has 0 aromatic heterocycles. The molecule has 0 aliphatic rings. The van der Waals surface area contributed by atoms with Gasteiger partial charge in [0.15, 0.2) is 0 Å². The molecular weight excluding hydrogens is 240 g/mol. The second kappa shape index (κ2) is 7.02. The van der Waals surface area contributed by atoms with Crippen LogP contribution in [-0.2, 0) is 4.74 Å². The normalized spacial score (nSPS) is 10.6. The first-order chi connectivity index (χ1) is 9.01. The van der Waals surface area contributed by atoms with Gasteiger partial charge in [-0.3, -0.25) is 0 Å². The van der Waals surface area contributed by atoms with Gasteiger partial charge in [0.25, 0.3) is 0 Å². The molecule has 0 fully saturated rings. The highest BCUT2D eigenvalue weighted by molar-refractivity contribution is 5.99. The van der Waals surface area contributed by atoms with Crippen LogP contribution in [0, 0.1) is 5.92 Å². The number of benzene rings is 1. The molecule has 1 aromatic rings. The Labute approximate surface area is 115 Å². The molecule has 0 bridgehead atoms. The molecule has 4 heteroatoms. The van der Waals surface area contributed by atoms with Crippen molar-refractivity contribution in [2.45, 2.75) is 27.7 Å². The van der Waals surface area contributed by atoms with E-state index in [0.717, 1.165) is 18.8 Å². The summed E-state index contributed by atoms with van der Waals surface area (Å²) in [6.07, 6.45) is 0. The molecular formula is C15H24N2O2. The number of carbonyl (C=O) groups is 1. The summed E-state index contributed by atoms with van der Waals surface area (Å²) < 4.78 is 5.10. The molecule has 0 saturated carbocycles. The van der Waals surface area contributed by atoms with Gasteiger partial charge in [-0.1, -0.05) is 19.9 Å². The average molecular weight is 264 g/mol. The van der Waals surface area contributed by atoms with E-state index < -0.39 is 0 Å². The molecule has 0 aliphatic carbocycles. The third kappa shape index (κ3) is 3.88. The lowest BCUT2D eigenvalue weighted by Crippen LogP contribution is -2.30. The van der Waals surface area contributed by atoms with Crippen LogP contribution in [0.15, 0.2) is 18.2 Å². The first-order valence-corrected chi connectivity index (χ1v) is 6.81. The number of esters is 1. The van der Waals surface area contributed by atoms with Gasteiger partial charge < -0.3 is 15.4 Å². The van der Waals surface area contributed by atoms with E-state index in [0.29, 0.717) is 23.8 Å². The molecule has 0 radical (unpaired) electrons. The molecule has 2 N–H and O–H groups in total. The van der Waals surface area contributed by atoms with Gasteiger partial charge in [0.05, 0.1) is 23.5 Å². The number of hydrogen-bond acceptors (Lipinski definition) is 4. The van der Waals surface area contributed by atoms with Gasteiger partial charge >= 0.3 is 5.97 Å². The number of ether oxygens (including phenoxy) is 1. The number of nitrogens with zero attached hydrogens (tertiary/aromatic N) is 1. The van der Waals surface area contributed by atoms with E-state index in [1.54, 1.807) is 19.1 Å². The zero-order valence-electron chi connectivity index (χ0n) is 12.3. The van der Waals surface area contributed by atoms with Crippen LogP contribution in [0.1, 0.15) is 38.1 Å². The lowest BCUT2D eigenvalue weighted by molar-refractivity contribution is 0.0527. The Kier molecular flexibility index (Phi) is 5.67.